The summed E-state index contributed by atoms with van der Waals surface area (Å²) >= 11 is 12.2. The highest BCUT2D eigenvalue weighted by Gasteiger charge is 2.43. The first-order chi connectivity index (χ1) is 15.4. The fraction of sp³-hybridized carbons (Fsp3) is 0.400. The molecule has 178 valence electrons. The Kier molecular flexibility index (Phi) is 14.3. The van der Waals surface area contributed by atoms with Gasteiger partial charge in [-0.1, -0.05) is 83.8 Å². The number of carbonyl (C=O) groups excluding carboxylic acids is 1. The highest BCUT2D eigenvalue weighted by molar-refractivity contribution is 7.62. The van der Waals surface area contributed by atoms with Gasteiger partial charge in [-0.25, -0.2) is 4.67 Å². The number of rotatable bonds is 4. The van der Waals surface area contributed by atoms with E-state index in [0.717, 1.165) is 5.56 Å². The number of hydrogen-bond donors (Lipinski definition) is 0. The topological polar surface area (TPSA) is 46.6 Å². The Balaban J connectivity index is 0.00000148. The summed E-state index contributed by atoms with van der Waals surface area (Å²) in [6.45, 7) is 15.8. The van der Waals surface area contributed by atoms with Crippen LogP contribution in [0.15, 0.2) is 48.6 Å². The lowest BCUT2D eigenvalue weighted by Gasteiger charge is -2.35. The van der Waals surface area contributed by atoms with E-state index in [4.69, 9.17) is 27.7 Å². The van der Waals surface area contributed by atoms with Gasteiger partial charge >= 0.3 is 7.52 Å². The van der Waals surface area contributed by atoms with E-state index in [0.29, 0.717) is 22.2 Å². The zero-order valence-electron chi connectivity index (χ0n) is 20.4. The predicted molar refractivity (Wildman–Crippen MR) is 141 cm³/mol. The molecule has 0 saturated carbocycles. The molecule has 32 heavy (non-hydrogen) atoms. The maximum Gasteiger partial charge on any atom is 0.354 e. The van der Waals surface area contributed by atoms with Crippen LogP contribution in [0.1, 0.15) is 71.3 Å². The molecule has 0 bridgehead atoms. The Bertz CT molecular complexity index is 945. The Labute approximate surface area is 204 Å². The van der Waals surface area contributed by atoms with Crippen molar-refractivity contribution in [3.63, 3.8) is 0 Å². The van der Waals surface area contributed by atoms with Gasteiger partial charge in [0.05, 0.1) is 17.4 Å². The third-order valence-electron chi connectivity index (χ3n) is 4.14. The van der Waals surface area contributed by atoms with Crippen molar-refractivity contribution in [1.82, 2.24) is 0 Å². The van der Waals surface area contributed by atoms with Crippen molar-refractivity contribution in [1.29, 1.82) is 0 Å². The Morgan fingerprint density at radius 3 is 2.19 bits per heavy atom. The van der Waals surface area contributed by atoms with Gasteiger partial charge in [0, 0.05) is 10.0 Å². The fourth-order valence-corrected chi connectivity index (χ4v) is 5.36. The van der Waals surface area contributed by atoms with E-state index < -0.39 is 13.4 Å². The van der Waals surface area contributed by atoms with Gasteiger partial charge in [-0.05, 0) is 55.3 Å². The quantitative estimate of drug-likeness (QED) is 0.310. The smallest absolute Gasteiger partial charge is 0.354 e. The Morgan fingerprint density at radius 1 is 1.00 bits per heavy atom. The zero-order chi connectivity index (χ0) is 24.9. The first-order valence-electron chi connectivity index (χ1n) is 11.2. The number of nitrogens with zero attached hydrogens (tertiary/aromatic N) is 1. The van der Waals surface area contributed by atoms with Crippen LogP contribution in [0.2, 0.25) is 10.0 Å². The maximum absolute atomic E-state index is 13.6. The summed E-state index contributed by atoms with van der Waals surface area (Å²) in [5.74, 6) is -0.112. The van der Waals surface area contributed by atoms with E-state index in [9.17, 15) is 9.36 Å². The predicted octanol–water partition coefficient (Wildman–Crippen LogP) is 9.44. The molecule has 3 rings (SSSR count). The van der Waals surface area contributed by atoms with Crippen molar-refractivity contribution in [2.75, 3.05) is 10.8 Å². The van der Waals surface area contributed by atoms with Crippen molar-refractivity contribution in [2.45, 2.75) is 61.8 Å². The van der Waals surface area contributed by atoms with Gasteiger partial charge in [-0.2, -0.15) is 0 Å². The number of hydrogen-bond acceptors (Lipinski definition) is 3. The summed E-state index contributed by atoms with van der Waals surface area (Å²) in [7, 11) is -3.50. The number of aryl methyl sites for hydroxylation is 1. The molecule has 0 N–H and O–H groups in total. The van der Waals surface area contributed by atoms with E-state index in [-0.39, 0.29) is 17.5 Å². The van der Waals surface area contributed by atoms with Crippen LogP contribution in [0.3, 0.4) is 0 Å². The third kappa shape index (κ3) is 7.13. The molecule has 4 nitrogen and oxygen atoms in total. The van der Waals surface area contributed by atoms with E-state index in [1.54, 1.807) is 42.5 Å². The molecular weight excluding hydrogens is 464 g/mol. The van der Waals surface area contributed by atoms with Crippen molar-refractivity contribution in [3.8, 4) is 5.75 Å². The summed E-state index contributed by atoms with van der Waals surface area (Å²) in [5, 5.41) is 1.02. The van der Waals surface area contributed by atoms with Crippen LogP contribution >= 0.6 is 30.7 Å². The second kappa shape index (κ2) is 15.2. The van der Waals surface area contributed by atoms with Crippen LogP contribution in [0.25, 0.3) is 0 Å². The number of fused-ring (bicyclic) bond motifs is 1. The van der Waals surface area contributed by atoms with Crippen LogP contribution in [-0.2, 0) is 11.0 Å². The molecule has 1 unspecified atom stereocenters. The minimum absolute atomic E-state index is 0.112. The third-order valence-corrected chi connectivity index (χ3v) is 6.92. The first kappa shape index (κ1) is 30.3. The average Bonchev–Trinajstić information content (AvgIpc) is 2.83. The van der Waals surface area contributed by atoms with E-state index in [1.165, 1.54) is 10.7 Å². The number of benzene rings is 2. The number of halogens is 2. The van der Waals surface area contributed by atoms with Gasteiger partial charge in [0.2, 0.25) is 0 Å². The number of anilines is 1. The highest BCUT2D eigenvalue weighted by atomic mass is 35.5. The largest absolute Gasteiger partial charge is 0.427 e. The monoisotopic (exact) mass is 499 g/mol. The molecule has 1 atom stereocenters. The summed E-state index contributed by atoms with van der Waals surface area (Å²) < 4.78 is 20.7. The molecule has 2 aromatic carbocycles. The molecule has 1 heterocycles. The molecule has 2 aromatic rings. The van der Waals surface area contributed by atoms with Gasteiger partial charge in [-0.3, -0.25) is 9.36 Å². The molecule has 1 aliphatic rings. The number of allylic oxidation sites excluding steroid dienone is 2. The summed E-state index contributed by atoms with van der Waals surface area (Å²) in [4.78, 5) is 13.2. The van der Waals surface area contributed by atoms with E-state index >= 15 is 0 Å². The van der Waals surface area contributed by atoms with Crippen LogP contribution in [0.5, 0.6) is 5.75 Å². The Morgan fingerprint density at radius 2 is 1.62 bits per heavy atom. The Hall–Kier alpha value is -1.74. The molecule has 0 radical (unpaired) electrons. The molecule has 0 spiro atoms. The van der Waals surface area contributed by atoms with Crippen LogP contribution in [0, 0.1) is 0 Å². The summed E-state index contributed by atoms with van der Waals surface area (Å²) in [5.41, 5.74) is 1.65. The minimum atomic E-state index is -3.50. The molecular formula is C25H36Cl2NO3P. The number of carbonyl (C=O) groups is 1. The lowest BCUT2D eigenvalue weighted by atomic mass is 10.1. The lowest BCUT2D eigenvalue weighted by molar-refractivity contribution is 0.0995. The van der Waals surface area contributed by atoms with Crippen LogP contribution in [-0.4, -0.2) is 12.1 Å². The standard InChI is InChI=1S/C19H18Cl2NO3P.3C2H6/c1-3-5-10-26(24)22(15-7-8-17(21)13(4-2)11-15)19(23)16-12-14(20)6-9-18(16)25-26;3*1-2/h3,5-9,11-12H,4,10H2,1-2H3;3*1-2H3/b5-3-;;;. The van der Waals surface area contributed by atoms with Gasteiger partial charge in [-0.15, -0.1) is 0 Å². The van der Waals surface area contributed by atoms with Crippen LogP contribution in [0.4, 0.5) is 5.69 Å². The molecule has 0 saturated heterocycles. The molecule has 1 amide bonds. The summed E-state index contributed by atoms with van der Waals surface area (Å²) in [6, 6.07) is 9.88. The van der Waals surface area contributed by atoms with Crippen molar-refractivity contribution in [2.24, 2.45) is 0 Å². The lowest BCUT2D eigenvalue weighted by Crippen LogP contribution is -2.35. The second-order valence-corrected chi connectivity index (χ2v) is 8.93. The van der Waals surface area contributed by atoms with Crippen molar-refractivity contribution in [3.05, 3.63) is 69.7 Å². The fourth-order valence-electron chi connectivity index (χ4n) is 2.81. The van der Waals surface area contributed by atoms with Gasteiger partial charge in [0.15, 0.2) is 0 Å². The zero-order valence-corrected chi connectivity index (χ0v) is 22.8. The minimum Gasteiger partial charge on any atom is -0.427 e. The van der Waals surface area contributed by atoms with Crippen molar-refractivity contribution >= 4 is 42.3 Å². The second-order valence-electron chi connectivity index (χ2n) is 5.87. The highest BCUT2D eigenvalue weighted by Crippen LogP contribution is 2.58. The first-order valence-corrected chi connectivity index (χ1v) is 13.7. The molecule has 1 aliphatic heterocycles. The van der Waals surface area contributed by atoms with Gasteiger partial charge in [0.1, 0.15) is 5.75 Å². The summed E-state index contributed by atoms with van der Waals surface area (Å²) in [6.07, 6.45) is 4.32. The van der Waals surface area contributed by atoms with Crippen LogP contribution < -0.4 is 9.19 Å². The molecule has 0 fully saturated rings. The number of amides is 1. The SMILES string of the molecule is C/C=C\CP1(=O)Oc2ccc(Cl)cc2C(=O)N1c1ccc(Cl)c(CC)c1.CC.CC.CC. The van der Waals surface area contributed by atoms with Gasteiger partial charge in [0.25, 0.3) is 5.91 Å². The normalized spacial score (nSPS) is 16.4. The van der Waals surface area contributed by atoms with E-state index in [1.807, 2.05) is 55.4 Å². The van der Waals surface area contributed by atoms with Crippen molar-refractivity contribution < 1.29 is 13.9 Å². The molecule has 0 aliphatic carbocycles. The van der Waals surface area contributed by atoms with E-state index in [2.05, 4.69) is 0 Å². The van der Waals surface area contributed by atoms with Gasteiger partial charge < -0.3 is 4.52 Å². The average molecular weight is 500 g/mol. The molecule has 0 aromatic heterocycles. The maximum atomic E-state index is 13.6. The molecule has 7 heteroatoms.